The Bertz CT molecular complexity index is 448. The molecule has 0 radical (unpaired) electrons. The molecule has 1 aromatic rings. The molecule has 0 bridgehead atoms. The first-order valence-corrected chi connectivity index (χ1v) is 7.69. The SMILES string of the molecule is CCCN1CCC(NCC(O)c2ccc(F)c(F)c2)CC1. The fourth-order valence-corrected chi connectivity index (χ4v) is 2.79. The number of piperidine rings is 1. The van der Waals surface area contributed by atoms with Gasteiger partial charge in [0.05, 0.1) is 6.10 Å². The fourth-order valence-electron chi connectivity index (χ4n) is 2.79. The van der Waals surface area contributed by atoms with Crippen molar-refractivity contribution in [1.29, 1.82) is 0 Å². The summed E-state index contributed by atoms with van der Waals surface area (Å²) in [6.45, 7) is 5.84. The first kappa shape index (κ1) is 16.3. The van der Waals surface area contributed by atoms with Crippen LogP contribution < -0.4 is 5.32 Å². The van der Waals surface area contributed by atoms with Gasteiger partial charge in [-0.2, -0.15) is 0 Å². The smallest absolute Gasteiger partial charge is 0.159 e. The summed E-state index contributed by atoms with van der Waals surface area (Å²) in [5.74, 6) is -1.80. The Labute approximate surface area is 125 Å². The van der Waals surface area contributed by atoms with Crippen molar-refractivity contribution < 1.29 is 13.9 Å². The number of nitrogens with zero attached hydrogens (tertiary/aromatic N) is 1. The standard InChI is InChI=1S/C16H24F2N2O/c1-2-7-20-8-5-13(6-9-20)19-11-16(21)12-3-4-14(17)15(18)10-12/h3-4,10,13,16,19,21H,2,5-9,11H2,1H3. The maximum Gasteiger partial charge on any atom is 0.159 e. The summed E-state index contributed by atoms with van der Waals surface area (Å²) in [6, 6.07) is 3.93. The van der Waals surface area contributed by atoms with Crippen molar-refractivity contribution in [2.75, 3.05) is 26.2 Å². The zero-order chi connectivity index (χ0) is 15.2. The Balaban J connectivity index is 1.76. The van der Waals surface area contributed by atoms with Gasteiger partial charge in [-0.1, -0.05) is 13.0 Å². The molecule has 1 saturated heterocycles. The van der Waals surface area contributed by atoms with E-state index in [4.69, 9.17) is 0 Å². The first-order valence-electron chi connectivity index (χ1n) is 7.69. The lowest BCUT2D eigenvalue weighted by atomic mass is 10.0. The van der Waals surface area contributed by atoms with E-state index >= 15 is 0 Å². The van der Waals surface area contributed by atoms with E-state index in [9.17, 15) is 13.9 Å². The molecule has 1 aliphatic rings. The maximum atomic E-state index is 13.1. The number of rotatable bonds is 6. The van der Waals surface area contributed by atoms with Crippen molar-refractivity contribution in [3.8, 4) is 0 Å². The van der Waals surface area contributed by atoms with E-state index in [1.165, 1.54) is 12.5 Å². The van der Waals surface area contributed by atoms with Crippen LogP contribution in [0.25, 0.3) is 0 Å². The number of likely N-dealkylation sites (tertiary alicyclic amines) is 1. The Morgan fingerprint density at radius 3 is 2.62 bits per heavy atom. The van der Waals surface area contributed by atoms with Gasteiger partial charge < -0.3 is 15.3 Å². The minimum atomic E-state index is -0.917. The van der Waals surface area contributed by atoms with Gasteiger partial charge in [0.2, 0.25) is 0 Å². The third-order valence-corrected chi connectivity index (χ3v) is 4.06. The summed E-state index contributed by atoms with van der Waals surface area (Å²) < 4.78 is 26.0. The Morgan fingerprint density at radius 2 is 2.00 bits per heavy atom. The number of aliphatic hydroxyl groups is 1. The van der Waals surface area contributed by atoms with Crippen molar-refractivity contribution in [2.24, 2.45) is 0 Å². The Morgan fingerprint density at radius 1 is 1.29 bits per heavy atom. The molecule has 0 aromatic heterocycles. The number of hydrogen-bond acceptors (Lipinski definition) is 3. The van der Waals surface area contributed by atoms with Crippen molar-refractivity contribution in [2.45, 2.75) is 38.3 Å². The van der Waals surface area contributed by atoms with Crippen LogP contribution in [0.1, 0.15) is 37.9 Å². The van der Waals surface area contributed by atoms with Crippen LogP contribution in [-0.2, 0) is 0 Å². The molecular weight excluding hydrogens is 274 g/mol. The summed E-state index contributed by atoms with van der Waals surface area (Å²) in [6.07, 6.45) is 2.48. The maximum absolute atomic E-state index is 13.1. The third-order valence-electron chi connectivity index (χ3n) is 4.06. The number of halogens is 2. The summed E-state index contributed by atoms with van der Waals surface area (Å²) in [4.78, 5) is 2.45. The summed E-state index contributed by atoms with van der Waals surface area (Å²) in [5, 5.41) is 13.4. The molecule has 2 N–H and O–H groups in total. The van der Waals surface area contributed by atoms with Gasteiger partial charge in [0.15, 0.2) is 11.6 Å². The highest BCUT2D eigenvalue weighted by Crippen LogP contribution is 2.17. The van der Waals surface area contributed by atoms with Crippen LogP contribution in [0.4, 0.5) is 8.78 Å². The highest BCUT2D eigenvalue weighted by molar-refractivity contribution is 5.20. The molecular formula is C16H24F2N2O. The Kier molecular flexibility index (Phi) is 6.08. The highest BCUT2D eigenvalue weighted by atomic mass is 19.2. The van der Waals surface area contributed by atoms with E-state index < -0.39 is 17.7 Å². The normalized spacial score (nSPS) is 18.9. The van der Waals surface area contributed by atoms with E-state index in [1.807, 2.05) is 0 Å². The van der Waals surface area contributed by atoms with Gasteiger partial charge in [-0.3, -0.25) is 0 Å². The molecule has 1 fully saturated rings. The zero-order valence-electron chi connectivity index (χ0n) is 12.5. The molecule has 0 amide bonds. The largest absolute Gasteiger partial charge is 0.387 e. The number of benzene rings is 1. The van der Waals surface area contributed by atoms with Crippen molar-refractivity contribution in [3.05, 3.63) is 35.4 Å². The van der Waals surface area contributed by atoms with Crippen LogP contribution in [0.5, 0.6) is 0 Å². The van der Waals surface area contributed by atoms with Crippen LogP contribution in [0, 0.1) is 11.6 Å². The van der Waals surface area contributed by atoms with Gasteiger partial charge in [0.1, 0.15) is 0 Å². The average Bonchev–Trinajstić information content (AvgIpc) is 2.49. The first-order chi connectivity index (χ1) is 10.1. The highest BCUT2D eigenvalue weighted by Gasteiger charge is 2.19. The number of hydrogen-bond donors (Lipinski definition) is 2. The fraction of sp³-hybridized carbons (Fsp3) is 0.625. The van der Waals surface area contributed by atoms with Gasteiger partial charge in [-0.05, 0) is 56.6 Å². The van der Waals surface area contributed by atoms with E-state index in [0.717, 1.165) is 44.6 Å². The molecule has 0 aliphatic carbocycles. The van der Waals surface area contributed by atoms with E-state index in [1.54, 1.807) is 0 Å². The molecule has 1 aromatic carbocycles. The lowest BCUT2D eigenvalue weighted by molar-refractivity contribution is 0.151. The van der Waals surface area contributed by atoms with Gasteiger partial charge >= 0.3 is 0 Å². The molecule has 3 nitrogen and oxygen atoms in total. The van der Waals surface area contributed by atoms with Crippen LogP contribution in [0.15, 0.2) is 18.2 Å². The summed E-state index contributed by atoms with van der Waals surface area (Å²) in [7, 11) is 0. The minimum absolute atomic E-state index is 0.365. The van der Waals surface area contributed by atoms with Gasteiger partial charge in [-0.15, -0.1) is 0 Å². The van der Waals surface area contributed by atoms with Gasteiger partial charge in [0.25, 0.3) is 0 Å². The van der Waals surface area contributed by atoms with Crippen molar-refractivity contribution >= 4 is 0 Å². The van der Waals surface area contributed by atoms with E-state index in [2.05, 4.69) is 17.1 Å². The van der Waals surface area contributed by atoms with Crippen molar-refractivity contribution in [1.82, 2.24) is 10.2 Å². The second-order valence-corrected chi connectivity index (χ2v) is 5.71. The molecule has 0 saturated carbocycles. The number of nitrogens with one attached hydrogen (secondary N) is 1. The second kappa shape index (κ2) is 7.82. The van der Waals surface area contributed by atoms with Gasteiger partial charge in [-0.25, -0.2) is 8.78 Å². The third kappa shape index (κ3) is 4.73. The predicted octanol–water partition coefficient (Wildman–Crippen LogP) is 2.46. The predicted molar refractivity (Wildman–Crippen MR) is 79.1 cm³/mol. The Hall–Kier alpha value is -1.04. The minimum Gasteiger partial charge on any atom is -0.387 e. The molecule has 118 valence electrons. The molecule has 21 heavy (non-hydrogen) atoms. The molecule has 5 heteroatoms. The lowest BCUT2D eigenvalue weighted by Gasteiger charge is -2.32. The monoisotopic (exact) mass is 298 g/mol. The van der Waals surface area contributed by atoms with E-state index in [0.29, 0.717) is 18.2 Å². The molecule has 2 rings (SSSR count). The van der Waals surface area contributed by atoms with Crippen LogP contribution >= 0.6 is 0 Å². The average molecular weight is 298 g/mol. The second-order valence-electron chi connectivity index (χ2n) is 5.71. The summed E-state index contributed by atoms with van der Waals surface area (Å²) >= 11 is 0. The van der Waals surface area contributed by atoms with Gasteiger partial charge in [0, 0.05) is 12.6 Å². The molecule has 1 heterocycles. The quantitative estimate of drug-likeness (QED) is 0.847. The molecule has 0 spiro atoms. The van der Waals surface area contributed by atoms with Crippen LogP contribution in [-0.4, -0.2) is 42.2 Å². The molecule has 1 atom stereocenters. The van der Waals surface area contributed by atoms with Crippen LogP contribution in [0.3, 0.4) is 0 Å². The zero-order valence-corrected chi connectivity index (χ0v) is 12.5. The lowest BCUT2D eigenvalue weighted by Crippen LogP contribution is -2.43. The van der Waals surface area contributed by atoms with E-state index in [-0.39, 0.29) is 0 Å². The number of aliphatic hydroxyl groups excluding tert-OH is 1. The topological polar surface area (TPSA) is 35.5 Å². The summed E-state index contributed by atoms with van der Waals surface area (Å²) in [5.41, 5.74) is 0.407. The van der Waals surface area contributed by atoms with Crippen molar-refractivity contribution in [3.63, 3.8) is 0 Å². The molecule has 1 unspecified atom stereocenters. The molecule has 1 aliphatic heterocycles. The van der Waals surface area contributed by atoms with Crippen LogP contribution in [0.2, 0.25) is 0 Å².